The lowest BCUT2D eigenvalue weighted by molar-refractivity contribution is 0.266. The van der Waals surface area contributed by atoms with Crippen LogP contribution in [0.25, 0.3) is 0 Å². The zero-order chi connectivity index (χ0) is 15.6. The fourth-order valence-electron chi connectivity index (χ4n) is 5.04. The van der Waals surface area contributed by atoms with Crippen molar-refractivity contribution in [3.63, 3.8) is 0 Å². The summed E-state index contributed by atoms with van der Waals surface area (Å²) in [6.07, 6.45) is 11.0. The van der Waals surface area contributed by atoms with Crippen molar-refractivity contribution >= 4 is 11.6 Å². The molecule has 1 saturated heterocycles. The molecule has 0 radical (unpaired) electrons. The van der Waals surface area contributed by atoms with Gasteiger partial charge in [-0.15, -0.1) is 0 Å². The summed E-state index contributed by atoms with van der Waals surface area (Å²) in [6, 6.07) is 2.25. The van der Waals surface area contributed by atoms with Crippen LogP contribution >= 0.6 is 0 Å². The second-order valence-electron chi connectivity index (χ2n) is 7.58. The third-order valence-electron chi connectivity index (χ3n) is 6.24. The minimum atomic E-state index is 0.205. The van der Waals surface area contributed by atoms with Crippen LogP contribution in [0.4, 0.5) is 11.6 Å². The summed E-state index contributed by atoms with van der Waals surface area (Å²) in [5.41, 5.74) is 0. The molecule has 1 aromatic rings. The van der Waals surface area contributed by atoms with Crippen molar-refractivity contribution in [2.75, 3.05) is 29.9 Å². The number of nitrogens with zero attached hydrogens (tertiary/aromatic N) is 3. The number of fused-ring (bicyclic) bond motifs is 2. The van der Waals surface area contributed by atoms with Crippen molar-refractivity contribution in [2.24, 2.45) is 17.8 Å². The van der Waals surface area contributed by atoms with Gasteiger partial charge in [0.05, 0.1) is 12.6 Å². The summed E-state index contributed by atoms with van der Waals surface area (Å²) in [7, 11) is 0. The van der Waals surface area contributed by atoms with Crippen LogP contribution in [0.5, 0.6) is 0 Å². The Kier molecular flexibility index (Phi) is 4.38. The molecule has 0 unspecified atom stereocenters. The van der Waals surface area contributed by atoms with E-state index >= 15 is 0 Å². The first-order chi connectivity index (χ1) is 11.3. The molecule has 0 amide bonds. The number of anilines is 2. The van der Waals surface area contributed by atoms with Crippen LogP contribution < -0.4 is 10.2 Å². The smallest absolute Gasteiger partial charge is 0.134 e. The van der Waals surface area contributed by atoms with Gasteiger partial charge in [0.15, 0.2) is 0 Å². The fraction of sp³-hybridized carbons (Fsp3) is 0.778. The van der Waals surface area contributed by atoms with Crippen LogP contribution in [0.1, 0.15) is 44.9 Å². The van der Waals surface area contributed by atoms with E-state index in [4.69, 9.17) is 0 Å². The van der Waals surface area contributed by atoms with Gasteiger partial charge in [0.1, 0.15) is 18.0 Å². The lowest BCUT2D eigenvalue weighted by atomic mass is 9.86. The predicted molar refractivity (Wildman–Crippen MR) is 91.5 cm³/mol. The van der Waals surface area contributed by atoms with Gasteiger partial charge in [0.25, 0.3) is 0 Å². The molecule has 23 heavy (non-hydrogen) atoms. The summed E-state index contributed by atoms with van der Waals surface area (Å²) in [4.78, 5) is 11.0. The third kappa shape index (κ3) is 3.16. The topological polar surface area (TPSA) is 61.3 Å². The summed E-state index contributed by atoms with van der Waals surface area (Å²) in [5, 5.41) is 13.0. The Bertz CT molecular complexity index is 538. The molecule has 2 N–H and O–H groups in total. The van der Waals surface area contributed by atoms with Crippen LogP contribution in [0.15, 0.2) is 12.4 Å². The van der Waals surface area contributed by atoms with Crippen molar-refractivity contribution in [3.05, 3.63) is 12.4 Å². The van der Waals surface area contributed by atoms with Gasteiger partial charge in [-0.3, -0.25) is 0 Å². The van der Waals surface area contributed by atoms with E-state index in [2.05, 4.69) is 20.2 Å². The highest BCUT2D eigenvalue weighted by Gasteiger charge is 2.38. The average molecular weight is 316 g/mol. The summed E-state index contributed by atoms with van der Waals surface area (Å²) in [5.74, 6) is 4.82. The van der Waals surface area contributed by atoms with Gasteiger partial charge in [0, 0.05) is 19.2 Å². The molecule has 5 heteroatoms. The maximum atomic E-state index is 9.48. The second kappa shape index (κ2) is 6.63. The molecule has 3 fully saturated rings. The summed E-state index contributed by atoms with van der Waals surface area (Å²) < 4.78 is 0. The van der Waals surface area contributed by atoms with Gasteiger partial charge in [-0.1, -0.05) is 6.42 Å². The Morgan fingerprint density at radius 3 is 2.96 bits per heavy atom. The predicted octanol–water partition coefficient (Wildman–Crippen LogP) is 2.68. The molecule has 2 bridgehead atoms. The van der Waals surface area contributed by atoms with Crippen molar-refractivity contribution in [1.82, 2.24) is 9.97 Å². The zero-order valence-corrected chi connectivity index (χ0v) is 13.8. The maximum Gasteiger partial charge on any atom is 0.134 e. The van der Waals surface area contributed by atoms with Gasteiger partial charge < -0.3 is 15.3 Å². The Morgan fingerprint density at radius 1 is 1.22 bits per heavy atom. The molecule has 2 saturated carbocycles. The monoisotopic (exact) mass is 316 g/mol. The van der Waals surface area contributed by atoms with E-state index in [1.165, 1.54) is 32.1 Å². The molecule has 126 valence electrons. The fourth-order valence-corrected chi connectivity index (χ4v) is 5.04. The van der Waals surface area contributed by atoms with E-state index in [1.54, 1.807) is 6.33 Å². The Balaban J connectivity index is 1.32. The lowest BCUT2D eigenvalue weighted by Crippen LogP contribution is -2.32. The summed E-state index contributed by atoms with van der Waals surface area (Å²) in [6.45, 7) is 2.19. The Morgan fingerprint density at radius 2 is 2.17 bits per heavy atom. The van der Waals surface area contributed by atoms with Gasteiger partial charge >= 0.3 is 0 Å². The van der Waals surface area contributed by atoms with Gasteiger partial charge in [-0.25, -0.2) is 9.97 Å². The molecule has 1 aromatic heterocycles. The van der Waals surface area contributed by atoms with E-state index in [-0.39, 0.29) is 12.6 Å². The Hall–Kier alpha value is -1.36. The summed E-state index contributed by atoms with van der Waals surface area (Å²) >= 11 is 0. The standard InChI is InChI=1S/C18H28N4O/c23-11-16-2-1-7-22(16)18-10-17(20-12-21-18)19-6-5-15-9-13-3-4-14(15)8-13/h10,12-16,23H,1-9,11H2,(H,19,20,21)/t13-,14-,15+,16+/m0/s1. The molecule has 2 aliphatic carbocycles. The molecule has 5 nitrogen and oxygen atoms in total. The van der Waals surface area contributed by atoms with E-state index in [1.807, 2.05) is 6.07 Å². The number of nitrogens with one attached hydrogen (secondary N) is 1. The SMILES string of the molecule is OC[C@H]1CCCN1c1cc(NCC[C@@H]2C[C@H]3CC[C@H]2C3)ncn1. The average Bonchev–Trinajstić information content (AvgIpc) is 3.31. The zero-order valence-electron chi connectivity index (χ0n) is 13.8. The van der Waals surface area contributed by atoms with Crippen molar-refractivity contribution in [2.45, 2.75) is 51.0 Å². The largest absolute Gasteiger partial charge is 0.394 e. The van der Waals surface area contributed by atoms with Crippen molar-refractivity contribution in [3.8, 4) is 0 Å². The van der Waals surface area contributed by atoms with Crippen LogP contribution in [-0.4, -0.2) is 40.8 Å². The van der Waals surface area contributed by atoms with E-state index < -0.39 is 0 Å². The van der Waals surface area contributed by atoms with E-state index in [0.29, 0.717) is 0 Å². The first kappa shape index (κ1) is 15.2. The number of aliphatic hydroxyl groups is 1. The third-order valence-corrected chi connectivity index (χ3v) is 6.24. The van der Waals surface area contributed by atoms with Crippen LogP contribution in [0.3, 0.4) is 0 Å². The van der Waals surface area contributed by atoms with Crippen molar-refractivity contribution in [1.29, 1.82) is 0 Å². The number of hydrogen-bond acceptors (Lipinski definition) is 5. The second-order valence-corrected chi connectivity index (χ2v) is 7.58. The lowest BCUT2D eigenvalue weighted by Gasteiger charge is -2.24. The number of aliphatic hydroxyl groups excluding tert-OH is 1. The van der Waals surface area contributed by atoms with Gasteiger partial charge in [-0.05, 0) is 56.3 Å². The first-order valence-corrected chi connectivity index (χ1v) is 9.27. The van der Waals surface area contributed by atoms with Gasteiger partial charge in [-0.2, -0.15) is 0 Å². The molecule has 4 atom stereocenters. The van der Waals surface area contributed by atoms with Crippen LogP contribution in [-0.2, 0) is 0 Å². The molecule has 3 aliphatic rings. The van der Waals surface area contributed by atoms with Gasteiger partial charge in [0.2, 0.25) is 0 Å². The normalized spacial score (nSPS) is 32.7. The highest BCUT2D eigenvalue weighted by atomic mass is 16.3. The molecule has 0 aromatic carbocycles. The number of rotatable bonds is 6. The van der Waals surface area contributed by atoms with Crippen LogP contribution in [0, 0.1) is 17.8 Å². The highest BCUT2D eigenvalue weighted by Crippen LogP contribution is 2.49. The molecular weight excluding hydrogens is 288 g/mol. The maximum absolute atomic E-state index is 9.48. The quantitative estimate of drug-likeness (QED) is 0.845. The van der Waals surface area contributed by atoms with E-state index in [0.717, 1.165) is 55.3 Å². The number of aromatic nitrogens is 2. The molecule has 4 rings (SSSR count). The number of hydrogen-bond donors (Lipinski definition) is 2. The minimum absolute atomic E-state index is 0.205. The first-order valence-electron chi connectivity index (χ1n) is 9.27. The molecule has 2 heterocycles. The molecule has 0 spiro atoms. The highest BCUT2D eigenvalue weighted by molar-refractivity contribution is 5.49. The van der Waals surface area contributed by atoms with E-state index in [9.17, 15) is 5.11 Å². The minimum Gasteiger partial charge on any atom is -0.394 e. The Labute approximate surface area is 138 Å². The molecular formula is C18H28N4O. The van der Waals surface area contributed by atoms with Crippen molar-refractivity contribution < 1.29 is 5.11 Å². The van der Waals surface area contributed by atoms with Crippen LogP contribution in [0.2, 0.25) is 0 Å². The molecule has 1 aliphatic heterocycles.